The summed E-state index contributed by atoms with van der Waals surface area (Å²) in [6, 6.07) is 17.9. The summed E-state index contributed by atoms with van der Waals surface area (Å²) in [5.74, 6) is 11.1. The molecule has 0 aromatic heterocycles. The van der Waals surface area contributed by atoms with Crippen LogP contribution in [0.1, 0.15) is 204 Å². The molecule has 0 saturated heterocycles. The Hall–Kier alpha value is -2.43. The van der Waals surface area contributed by atoms with Gasteiger partial charge in [0.05, 0.1) is 0 Å². The second-order valence-corrected chi connectivity index (χ2v) is 16.1. The molecule has 53 heavy (non-hydrogen) atoms. The average molecular weight is 766 g/mol. The molecular formula is C50H78N2Ni. The molecule has 0 aliphatic carbocycles. The van der Waals surface area contributed by atoms with Crippen LogP contribution in [0.15, 0.2) is 59.7 Å². The van der Waals surface area contributed by atoms with Crippen molar-refractivity contribution in [3.8, 4) is 11.8 Å². The van der Waals surface area contributed by atoms with Crippen molar-refractivity contribution in [2.24, 2.45) is 0 Å². The van der Waals surface area contributed by atoms with E-state index in [1.807, 2.05) is 0 Å². The molecule has 2 nitrogen and oxygen atoms in total. The normalized spacial score (nSPS) is 12.7. The Kier molecular flexibility index (Phi) is 27.2. The van der Waals surface area contributed by atoms with Gasteiger partial charge in [-0.3, -0.25) is 0 Å². The van der Waals surface area contributed by atoms with Crippen molar-refractivity contribution in [1.82, 2.24) is 0 Å². The van der Waals surface area contributed by atoms with Gasteiger partial charge in [0.25, 0.3) is 0 Å². The van der Waals surface area contributed by atoms with E-state index >= 15 is 0 Å². The van der Waals surface area contributed by atoms with E-state index in [1.165, 1.54) is 137 Å². The van der Waals surface area contributed by atoms with Gasteiger partial charge in [0.2, 0.25) is 11.4 Å². The summed E-state index contributed by atoms with van der Waals surface area (Å²) in [7, 11) is 0. The van der Waals surface area contributed by atoms with Gasteiger partial charge in [-0.25, -0.2) is 4.70 Å². The standard InChI is InChI=1S/C48H72N2.2CH3.Ni/c1-5-9-13-15-17-18-19-20-21-22-23-24-25-27-32-42-33-29-30-35-44(42)48-46(34-12-8-4)45(36-28-26-16-14-10-6-2)47(50(48)49)43-39-37-41(38-40-43)31-11-7-3;;;/h29-30,33,35,37-40H,5-22,25-28,31-32,34,36H2,1-4H3;2*1H3;. The Morgan fingerprint density at radius 3 is 1.57 bits per heavy atom. The van der Waals surface area contributed by atoms with Gasteiger partial charge in [-0.1, -0.05) is 154 Å². The summed E-state index contributed by atoms with van der Waals surface area (Å²) in [5, 5.41) is 0. The van der Waals surface area contributed by atoms with Gasteiger partial charge in [0, 0.05) is 35.1 Å². The Labute approximate surface area is 334 Å². The van der Waals surface area contributed by atoms with Crippen molar-refractivity contribution in [3.63, 3.8) is 0 Å². The van der Waals surface area contributed by atoms with Crippen molar-refractivity contribution in [2.45, 2.75) is 206 Å². The van der Waals surface area contributed by atoms with E-state index in [0.717, 1.165) is 74.7 Å². The average Bonchev–Trinajstić information content (AvgIpc) is 3.45. The topological polar surface area (TPSA) is 25.3 Å². The maximum atomic E-state index is 12.2. The minimum absolute atomic E-state index is 0.938. The van der Waals surface area contributed by atoms with E-state index in [4.69, 9.17) is 0 Å². The fourth-order valence-electron chi connectivity index (χ4n) is 7.45. The molecule has 3 heteroatoms. The molecular weight excluding hydrogens is 687 g/mol. The van der Waals surface area contributed by atoms with Crippen molar-refractivity contribution >= 4 is 11.4 Å². The first kappa shape index (κ1) is 46.7. The zero-order valence-electron chi connectivity index (χ0n) is 35.2. The van der Waals surface area contributed by atoms with Crippen molar-refractivity contribution in [1.29, 1.82) is 0 Å². The first-order valence-corrected chi connectivity index (χ1v) is 23.9. The van der Waals surface area contributed by atoms with E-state index in [1.54, 1.807) is 19.1 Å². The van der Waals surface area contributed by atoms with Crippen LogP contribution in [0.25, 0.3) is 16.9 Å². The molecule has 2 aromatic carbocycles. The van der Waals surface area contributed by atoms with E-state index in [-0.39, 0.29) is 0 Å². The predicted octanol–water partition coefficient (Wildman–Crippen LogP) is 16.6. The Morgan fingerprint density at radius 1 is 0.491 bits per heavy atom. The number of unbranched alkanes of at least 4 members (excludes halogenated alkanes) is 17. The first-order valence-electron chi connectivity index (χ1n) is 21.9. The first-order chi connectivity index (χ1) is 26.1. The van der Waals surface area contributed by atoms with E-state index < -0.39 is 0 Å². The molecule has 1 aliphatic heterocycles. The maximum absolute atomic E-state index is 12.2. The zero-order valence-corrected chi connectivity index (χ0v) is 36.2. The van der Waals surface area contributed by atoms with Gasteiger partial charge in [-0.15, -0.1) is 11.8 Å². The van der Waals surface area contributed by atoms with Crippen LogP contribution in [0.5, 0.6) is 0 Å². The molecule has 298 valence electrons. The molecule has 0 N–H and O–H groups in total. The van der Waals surface area contributed by atoms with Crippen LogP contribution in [0.4, 0.5) is 0 Å². The Bertz CT molecular complexity index is 1390. The molecule has 1 heterocycles. The van der Waals surface area contributed by atoms with Crippen molar-refractivity contribution in [3.05, 3.63) is 87.5 Å². The molecule has 0 fully saturated rings. The van der Waals surface area contributed by atoms with Gasteiger partial charge in [-0.2, -0.15) is 0 Å². The summed E-state index contributed by atoms with van der Waals surface area (Å²) in [4.78, 5) is 0. The second kappa shape index (κ2) is 30.9. The SMILES string of the molecule is CCCCCCCCCCCC#CCCCc1ccccc1C1=C(CCCC)C(CCCCCCCC)=C(c2ccc(CCCC)cc2)[N+]1=[N-].[CH3][Ni][CH3]. The summed E-state index contributed by atoms with van der Waals surface area (Å²) >= 11 is 1.62. The molecule has 0 spiro atoms. The van der Waals surface area contributed by atoms with E-state index in [2.05, 4.69) is 99.9 Å². The fourth-order valence-corrected chi connectivity index (χ4v) is 7.45. The van der Waals surface area contributed by atoms with Crippen LogP contribution in [0.2, 0.25) is 11.8 Å². The van der Waals surface area contributed by atoms with E-state index in [0.29, 0.717) is 0 Å². The fraction of sp³-hybridized carbons (Fsp3) is 0.640. The van der Waals surface area contributed by atoms with Gasteiger partial charge >= 0.3 is 26.2 Å². The quantitative estimate of drug-likeness (QED) is 0.0375. The Balaban J connectivity index is 0.00000313. The summed E-state index contributed by atoms with van der Waals surface area (Å²) in [6.45, 7) is 9.11. The molecule has 0 saturated carbocycles. The number of hydrogen-bond donors (Lipinski definition) is 0. The number of benzene rings is 2. The third kappa shape index (κ3) is 18.2. The molecule has 1 aliphatic rings. The van der Waals surface area contributed by atoms with Crippen LogP contribution in [0, 0.1) is 11.8 Å². The molecule has 3 rings (SSSR count). The third-order valence-corrected chi connectivity index (χ3v) is 10.5. The molecule has 0 amide bonds. The van der Waals surface area contributed by atoms with Crippen LogP contribution in [0.3, 0.4) is 0 Å². The molecule has 0 bridgehead atoms. The number of rotatable bonds is 27. The van der Waals surface area contributed by atoms with Crippen molar-refractivity contribution < 1.29 is 19.1 Å². The van der Waals surface area contributed by atoms with Crippen molar-refractivity contribution in [2.75, 3.05) is 0 Å². The van der Waals surface area contributed by atoms with E-state index in [9.17, 15) is 5.53 Å². The Morgan fingerprint density at radius 2 is 0.962 bits per heavy atom. The predicted molar refractivity (Wildman–Crippen MR) is 231 cm³/mol. The zero-order chi connectivity index (χ0) is 38.4. The third-order valence-electron chi connectivity index (χ3n) is 10.5. The van der Waals surface area contributed by atoms with Gasteiger partial charge in [0.1, 0.15) is 0 Å². The number of allylic oxidation sites excluding steroid dienone is 2. The monoisotopic (exact) mass is 765 g/mol. The van der Waals surface area contributed by atoms with Gasteiger partial charge < -0.3 is 5.53 Å². The molecule has 0 atom stereocenters. The van der Waals surface area contributed by atoms with Crippen LogP contribution >= 0.6 is 0 Å². The van der Waals surface area contributed by atoms with Gasteiger partial charge in [0.15, 0.2) is 0 Å². The molecule has 2 aromatic rings. The van der Waals surface area contributed by atoms with Crippen LogP contribution < -0.4 is 0 Å². The summed E-state index contributed by atoms with van der Waals surface area (Å²) in [5.41, 5.74) is 22.0. The number of nitrogens with zero attached hydrogens (tertiary/aromatic N) is 2. The summed E-state index contributed by atoms with van der Waals surface area (Å²) in [6.07, 6.45) is 31.8. The summed E-state index contributed by atoms with van der Waals surface area (Å²) < 4.78 is 1.59. The second-order valence-electron chi connectivity index (χ2n) is 15.1. The van der Waals surface area contributed by atoms with Crippen LogP contribution in [-0.4, -0.2) is 4.70 Å². The number of aryl methyl sites for hydroxylation is 2. The number of hydrogen-bond acceptors (Lipinski definition) is 0. The molecule has 0 unspecified atom stereocenters. The minimum atomic E-state index is 0.938. The van der Waals surface area contributed by atoms with Gasteiger partial charge in [-0.05, 0) is 87.1 Å². The molecule has 0 radical (unpaired) electrons. The van der Waals surface area contributed by atoms with Crippen LogP contribution in [-0.2, 0) is 27.3 Å².